The summed E-state index contributed by atoms with van der Waals surface area (Å²) in [4.78, 5) is 16.0. The summed E-state index contributed by atoms with van der Waals surface area (Å²) in [6.45, 7) is 6.94. The third kappa shape index (κ3) is 6.24. The third-order valence-corrected chi connectivity index (χ3v) is 7.69. The van der Waals surface area contributed by atoms with Crippen molar-refractivity contribution < 1.29 is 23.1 Å². The van der Waals surface area contributed by atoms with Crippen LogP contribution in [0.2, 0.25) is 0 Å². The second-order valence-corrected chi connectivity index (χ2v) is 10.8. The number of ether oxygens (including phenoxy) is 1. The molecule has 0 radical (unpaired) electrons. The van der Waals surface area contributed by atoms with Crippen molar-refractivity contribution in [2.45, 2.75) is 52.7 Å². The number of piperidine rings is 1. The second kappa shape index (κ2) is 10.1. The molecule has 7 nitrogen and oxygen atoms in total. The summed E-state index contributed by atoms with van der Waals surface area (Å²) < 4.78 is 33.1. The number of fused-ring (bicyclic) bond motifs is 1. The van der Waals surface area contributed by atoms with Gasteiger partial charge in [0, 0.05) is 24.2 Å². The van der Waals surface area contributed by atoms with Gasteiger partial charge in [-0.2, -0.15) is 0 Å². The van der Waals surface area contributed by atoms with Crippen molar-refractivity contribution >= 4 is 26.9 Å². The van der Waals surface area contributed by atoms with Crippen molar-refractivity contribution in [2.24, 2.45) is 11.8 Å². The van der Waals surface area contributed by atoms with Crippen LogP contribution < -0.4 is 0 Å². The molecule has 1 unspecified atom stereocenters. The number of carboxylic acid groups (broad SMARTS) is 1. The van der Waals surface area contributed by atoms with E-state index in [-0.39, 0.29) is 17.8 Å². The first-order valence-electron chi connectivity index (χ1n) is 10.8. The zero-order chi connectivity index (χ0) is 22.6. The van der Waals surface area contributed by atoms with E-state index >= 15 is 0 Å². The average Bonchev–Trinajstić information content (AvgIpc) is 2.71. The first-order valence-corrected chi connectivity index (χ1v) is 12.4. The Labute approximate surface area is 184 Å². The minimum Gasteiger partial charge on any atom is -0.481 e. The maximum atomic E-state index is 12.8. The van der Waals surface area contributed by atoms with Gasteiger partial charge in [-0.3, -0.25) is 9.78 Å². The molecule has 1 aromatic carbocycles. The Morgan fingerprint density at radius 2 is 1.94 bits per heavy atom. The standard InChI is InChI=1S/C23H32N2O5S/c1-16(2)12-19(23(26)27)15-31(28,29)25-10-8-20(9-11-25)30-14-18-13-17(3)24-22-7-5-4-6-21(18)22/h4-7,13,16,19-20H,8-12,14-15H2,1-3H3,(H,26,27). The number of aromatic nitrogens is 1. The van der Waals surface area contributed by atoms with Crippen LogP contribution in [0.25, 0.3) is 10.9 Å². The quantitative estimate of drug-likeness (QED) is 0.630. The summed E-state index contributed by atoms with van der Waals surface area (Å²) in [5.74, 6) is -2.13. The van der Waals surface area contributed by atoms with Gasteiger partial charge in [-0.05, 0) is 49.8 Å². The molecule has 170 valence electrons. The zero-order valence-corrected chi connectivity index (χ0v) is 19.3. The summed E-state index contributed by atoms with van der Waals surface area (Å²) in [7, 11) is -3.61. The van der Waals surface area contributed by atoms with Crippen molar-refractivity contribution in [3.05, 3.63) is 41.6 Å². The van der Waals surface area contributed by atoms with Gasteiger partial charge in [-0.25, -0.2) is 12.7 Å². The van der Waals surface area contributed by atoms with E-state index < -0.39 is 21.9 Å². The Morgan fingerprint density at radius 3 is 2.58 bits per heavy atom. The van der Waals surface area contributed by atoms with Gasteiger partial charge in [0.25, 0.3) is 0 Å². The number of aliphatic carboxylic acids is 1. The Morgan fingerprint density at radius 1 is 1.26 bits per heavy atom. The fourth-order valence-electron chi connectivity index (χ4n) is 4.17. The molecular formula is C23H32N2O5S. The largest absolute Gasteiger partial charge is 0.481 e. The van der Waals surface area contributed by atoms with Gasteiger partial charge in [0.1, 0.15) is 0 Å². The first-order chi connectivity index (χ1) is 14.7. The molecule has 1 saturated heterocycles. The molecule has 3 rings (SSSR count). The van der Waals surface area contributed by atoms with Gasteiger partial charge in [0.15, 0.2) is 0 Å². The lowest BCUT2D eigenvalue weighted by Gasteiger charge is -2.32. The van der Waals surface area contributed by atoms with Crippen LogP contribution in [0.5, 0.6) is 0 Å². The molecule has 1 fully saturated rings. The molecule has 31 heavy (non-hydrogen) atoms. The number of carboxylic acids is 1. The smallest absolute Gasteiger partial charge is 0.307 e. The fourth-order valence-corrected chi connectivity index (χ4v) is 5.93. The fraction of sp³-hybridized carbons (Fsp3) is 0.565. The summed E-state index contributed by atoms with van der Waals surface area (Å²) in [6, 6.07) is 9.99. The molecule has 0 bridgehead atoms. The molecule has 8 heteroatoms. The van der Waals surface area contributed by atoms with Crippen molar-refractivity contribution in [1.29, 1.82) is 0 Å². The number of aryl methyl sites for hydroxylation is 1. The van der Waals surface area contributed by atoms with Crippen molar-refractivity contribution in [1.82, 2.24) is 9.29 Å². The van der Waals surface area contributed by atoms with Gasteiger partial charge >= 0.3 is 5.97 Å². The van der Waals surface area contributed by atoms with E-state index in [2.05, 4.69) is 4.98 Å². The highest BCUT2D eigenvalue weighted by atomic mass is 32.2. The molecule has 2 heterocycles. The lowest BCUT2D eigenvalue weighted by atomic mass is 9.99. The molecule has 2 aromatic rings. The van der Waals surface area contributed by atoms with Gasteiger partial charge in [0.2, 0.25) is 10.0 Å². The molecule has 1 aliphatic heterocycles. The number of pyridine rings is 1. The minimum absolute atomic E-state index is 0.0235. The van der Waals surface area contributed by atoms with Crippen LogP contribution in [0.15, 0.2) is 30.3 Å². The van der Waals surface area contributed by atoms with E-state index in [1.165, 1.54) is 4.31 Å². The third-order valence-electron chi connectivity index (χ3n) is 5.72. The first kappa shape index (κ1) is 23.6. The lowest BCUT2D eigenvalue weighted by molar-refractivity contribution is -0.141. The van der Waals surface area contributed by atoms with Gasteiger partial charge < -0.3 is 9.84 Å². The van der Waals surface area contributed by atoms with E-state index in [1.807, 2.05) is 51.1 Å². The van der Waals surface area contributed by atoms with E-state index in [0.29, 0.717) is 39.0 Å². The number of carbonyl (C=O) groups is 1. The number of hydrogen-bond donors (Lipinski definition) is 1. The SMILES string of the molecule is Cc1cc(COC2CCN(S(=O)(=O)CC(CC(C)C)C(=O)O)CC2)c2ccccc2n1. The number of para-hydroxylation sites is 1. The van der Waals surface area contributed by atoms with Crippen molar-refractivity contribution in [3.8, 4) is 0 Å². The molecule has 1 N–H and O–H groups in total. The molecule has 0 amide bonds. The minimum atomic E-state index is -3.61. The number of hydrogen-bond acceptors (Lipinski definition) is 5. The molecule has 1 atom stereocenters. The summed E-state index contributed by atoms with van der Waals surface area (Å²) in [5, 5.41) is 10.5. The average molecular weight is 449 g/mol. The van der Waals surface area contributed by atoms with E-state index in [4.69, 9.17) is 4.74 Å². The van der Waals surface area contributed by atoms with Crippen molar-refractivity contribution in [3.63, 3.8) is 0 Å². The van der Waals surface area contributed by atoms with Crippen LogP contribution in [-0.2, 0) is 26.2 Å². The molecule has 1 aromatic heterocycles. The topological polar surface area (TPSA) is 96.8 Å². The highest BCUT2D eigenvalue weighted by Gasteiger charge is 2.33. The number of benzene rings is 1. The van der Waals surface area contributed by atoms with Crippen molar-refractivity contribution in [2.75, 3.05) is 18.8 Å². The normalized spacial score (nSPS) is 17.3. The molecule has 1 aliphatic rings. The lowest BCUT2D eigenvalue weighted by Crippen LogP contribution is -2.43. The van der Waals surface area contributed by atoms with Gasteiger partial charge in [-0.15, -0.1) is 0 Å². The van der Waals surface area contributed by atoms with Crippen LogP contribution in [0.4, 0.5) is 0 Å². The maximum Gasteiger partial charge on any atom is 0.307 e. The molecule has 0 saturated carbocycles. The summed E-state index contributed by atoms with van der Waals surface area (Å²) in [5.41, 5.74) is 2.96. The van der Waals surface area contributed by atoms with Crippen LogP contribution in [0.3, 0.4) is 0 Å². The number of nitrogens with zero attached hydrogens (tertiary/aromatic N) is 2. The second-order valence-electron chi connectivity index (χ2n) is 8.79. The Kier molecular flexibility index (Phi) is 7.67. The van der Waals surface area contributed by atoms with Gasteiger partial charge in [-0.1, -0.05) is 32.0 Å². The predicted molar refractivity (Wildman–Crippen MR) is 120 cm³/mol. The van der Waals surface area contributed by atoms with Gasteiger partial charge in [0.05, 0.1) is 29.9 Å². The highest BCUT2D eigenvalue weighted by molar-refractivity contribution is 7.89. The monoisotopic (exact) mass is 448 g/mol. The molecule has 0 spiro atoms. The Bertz CT molecular complexity index is 1010. The maximum absolute atomic E-state index is 12.8. The van der Waals surface area contributed by atoms with Crippen LogP contribution in [0, 0.1) is 18.8 Å². The summed E-state index contributed by atoms with van der Waals surface area (Å²) >= 11 is 0. The predicted octanol–water partition coefficient (Wildman–Crippen LogP) is 3.60. The van der Waals surface area contributed by atoms with Crippen LogP contribution >= 0.6 is 0 Å². The summed E-state index contributed by atoms with van der Waals surface area (Å²) in [6.07, 6.45) is 1.53. The van der Waals surface area contributed by atoms with Crippen LogP contribution in [0.1, 0.15) is 44.4 Å². The number of sulfonamides is 1. The van der Waals surface area contributed by atoms with E-state index in [1.54, 1.807) is 0 Å². The highest BCUT2D eigenvalue weighted by Crippen LogP contribution is 2.24. The molecular weight excluding hydrogens is 416 g/mol. The Balaban J connectivity index is 1.57. The van der Waals surface area contributed by atoms with E-state index in [0.717, 1.165) is 22.2 Å². The van der Waals surface area contributed by atoms with Crippen LogP contribution in [-0.4, -0.2) is 53.7 Å². The number of rotatable bonds is 9. The Hall–Kier alpha value is -2.03. The van der Waals surface area contributed by atoms with E-state index in [9.17, 15) is 18.3 Å². The molecule has 0 aliphatic carbocycles. The zero-order valence-electron chi connectivity index (χ0n) is 18.5.